The minimum atomic E-state index is -3.49. The second-order valence-corrected chi connectivity index (χ2v) is 7.55. The highest BCUT2D eigenvalue weighted by Gasteiger charge is 2.24. The van der Waals surface area contributed by atoms with Crippen LogP contribution in [0.5, 0.6) is 0 Å². The summed E-state index contributed by atoms with van der Waals surface area (Å²) in [6.45, 7) is 2.68. The van der Waals surface area contributed by atoms with Gasteiger partial charge in [-0.25, -0.2) is 13.1 Å². The lowest BCUT2D eigenvalue weighted by Gasteiger charge is -2.21. The summed E-state index contributed by atoms with van der Waals surface area (Å²) >= 11 is 0. The van der Waals surface area contributed by atoms with Gasteiger partial charge in [0.15, 0.2) is 0 Å². The first-order valence-electron chi connectivity index (χ1n) is 7.72. The summed E-state index contributed by atoms with van der Waals surface area (Å²) in [5.41, 5.74) is 1.13. The van der Waals surface area contributed by atoms with Gasteiger partial charge in [-0.3, -0.25) is 5.10 Å². The van der Waals surface area contributed by atoms with E-state index in [1.165, 1.54) is 32.1 Å². The molecule has 120 valence electrons. The average molecular weight is 314 g/mol. The monoisotopic (exact) mass is 314 g/mol. The summed E-state index contributed by atoms with van der Waals surface area (Å²) < 4.78 is 27.6. The number of aromatic amines is 1. The molecule has 1 aliphatic rings. The molecule has 6 nitrogen and oxygen atoms in total. The Morgan fingerprint density at radius 1 is 1.29 bits per heavy atom. The molecule has 3 N–H and O–H groups in total. The first-order valence-corrected chi connectivity index (χ1v) is 9.21. The second-order valence-electron chi connectivity index (χ2n) is 5.85. The Bertz CT molecular complexity index is 547. The summed E-state index contributed by atoms with van der Waals surface area (Å²) in [6, 6.07) is 0. The van der Waals surface area contributed by atoms with Crippen LogP contribution in [0.3, 0.4) is 0 Å². The maximum atomic E-state index is 12.5. The van der Waals surface area contributed by atoms with Crippen LogP contribution in [0.4, 0.5) is 0 Å². The fourth-order valence-corrected chi connectivity index (χ4v) is 4.47. The molecule has 21 heavy (non-hydrogen) atoms. The predicted molar refractivity (Wildman–Crippen MR) is 82.5 cm³/mol. The molecule has 0 bridgehead atoms. The van der Waals surface area contributed by atoms with E-state index in [9.17, 15) is 8.42 Å². The van der Waals surface area contributed by atoms with Crippen LogP contribution in [0.25, 0.3) is 0 Å². The van der Waals surface area contributed by atoms with E-state index in [0.29, 0.717) is 35.3 Å². The molecule has 0 aromatic carbocycles. The molecule has 0 aliphatic heterocycles. The number of hydrogen-bond donors (Lipinski definition) is 3. The van der Waals surface area contributed by atoms with Crippen molar-refractivity contribution in [2.45, 2.75) is 56.9 Å². The zero-order valence-electron chi connectivity index (χ0n) is 12.9. The van der Waals surface area contributed by atoms with E-state index in [4.69, 9.17) is 0 Å². The number of sulfonamides is 1. The standard InChI is InChI=1S/C14H26N4O2S/c1-11-14(13(10-15-2)18-17-11)21(19,20)16-9-8-12-6-4-3-5-7-12/h12,15-16H,3-10H2,1-2H3,(H,17,18). The summed E-state index contributed by atoms with van der Waals surface area (Å²) in [4.78, 5) is 0.292. The van der Waals surface area contributed by atoms with Crippen molar-refractivity contribution < 1.29 is 8.42 Å². The van der Waals surface area contributed by atoms with Gasteiger partial charge in [0.05, 0.1) is 11.4 Å². The first-order chi connectivity index (χ1) is 10.0. The van der Waals surface area contributed by atoms with Crippen LogP contribution in [0.2, 0.25) is 0 Å². The molecule has 1 aliphatic carbocycles. The van der Waals surface area contributed by atoms with Crippen molar-refractivity contribution in [3.8, 4) is 0 Å². The van der Waals surface area contributed by atoms with Crippen LogP contribution in [-0.2, 0) is 16.6 Å². The Labute approximate surface area is 127 Å². The molecule has 1 aromatic heterocycles. The first kappa shape index (κ1) is 16.5. The molecule has 7 heteroatoms. The smallest absolute Gasteiger partial charge is 0.244 e. The largest absolute Gasteiger partial charge is 0.314 e. The van der Waals surface area contributed by atoms with Gasteiger partial charge >= 0.3 is 0 Å². The van der Waals surface area contributed by atoms with Crippen molar-refractivity contribution in [3.63, 3.8) is 0 Å². The lowest BCUT2D eigenvalue weighted by atomic mass is 9.87. The van der Waals surface area contributed by atoms with Crippen LogP contribution < -0.4 is 10.0 Å². The number of hydrogen-bond acceptors (Lipinski definition) is 4. The highest BCUT2D eigenvalue weighted by atomic mass is 32.2. The highest BCUT2D eigenvalue weighted by Crippen LogP contribution is 2.26. The summed E-state index contributed by atoms with van der Waals surface area (Å²) in [7, 11) is -1.71. The van der Waals surface area contributed by atoms with Crippen molar-refractivity contribution in [1.29, 1.82) is 0 Å². The normalized spacial score (nSPS) is 17.2. The third-order valence-electron chi connectivity index (χ3n) is 4.14. The van der Waals surface area contributed by atoms with E-state index in [0.717, 1.165) is 6.42 Å². The quantitative estimate of drug-likeness (QED) is 0.715. The van der Waals surface area contributed by atoms with Gasteiger partial charge in [0.1, 0.15) is 4.90 Å². The van der Waals surface area contributed by atoms with E-state index in [-0.39, 0.29) is 0 Å². The van der Waals surface area contributed by atoms with E-state index < -0.39 is 10.0 Å². The molecule has 0 atom stereocenters. The molecular formula is C14H26N4O2S. The van der Waals surface area contributed by atoms with Gasteiger partial charge in [-0.2, -0.15) is 5.10 Å². The van der Waals surface area contributed by atoms with E-state index in [1.807, 2.05) is 0 Å². The number of aromatic nitrogens is 2. The minimum absolute atomic E-state index is 0.292. The molecule has 1 heterocycles. The maximum absolute atomic E-state index is 12.5. The SMILES string of the molecule is CNCc1n[nH]c(C)c1S(=O)(=O)NCCC1CCCCC1. The Morgan fingerprint density at radius 3 is 2.67 bits per heavy atom. The number of rotatable bonds is 7. The second kappa shape index (κ2) is 7.38. The molecule has 0 spiro atoms. The Balaban J connectivity index is 1.96. The Hall–Kier alpha value is -0.920. The van der Waals surface area contributed by atoms with E-state index in [1.54, 1.807) is 14.0 Å². The van der Waals surface area contributed by atoms with Crippen LogP contribution in [0.15, 0.2) is 4.90 Å². The third-order valence-corrected chi connectivity index (χ3v) is 5.81. The average Bonchev–Trinajstić information content (AvgIpc) is 2.82. The topological polar surface area (TPSA) is 86.9 Å². The van der Waals surface area contributed by atoms with E-state index >= 15 is 0 Å². The van der Waals surface area contributed by atoms with Crippen molar-refractivity contribution in [2.75, 3.05) is 13.6 Å². The Morgan fingerprint density at radius 2 is 2.00 bits per heavy atom. The highest BCUT2D eigenvalue weighted by molar-refractivity contribution is 7.89. The predicted octanol–water partition coefficient (Wildman–Crippen LogP) is 1.69. The molecule has 1 saturated carbocycles. The van der Waals surface area contributed by atoms with Gasteiger partial charge in [0.2, 0.25) is 10.0 Å². The van der Waals surface area contributed by atoms with Gasteiger partial charge in [-0.1, -0.05) is 32.1 Å². The third kappa shape index (κ3) is 4.28. The fraction of sp³-hybridized carbons (Fsp3) is 0.786. The van der Waals surface area contributed by atoms with Crippen molar-refractivity contribution in [2.24, 2.45) is 5.92 Å². The number of aryl methyl sites for hydroxylation is 1. The number of nitrogens with zero attached hydrogens (tertiary/aromatic N) is 1. The molecule has 1 fully saturated rings. The van der Waals surface area contributed by atoms with Crippen LogP contribution in [0.1, 0.15) is 49.9 Å². The zero-order chi connectivity index (χ0) is 15.3. The summed E-state index contributed by atoms with van der Waals surface area (Å²) in [5, 5.41) is 9.76. The maximum Gasteiger partial charge on any atom is 0.244 e. The van der Waals surface area contributed by atoms with Crippen molar-refractivity contribution in [3.05, 3.63) is 11.4 Å². The molecule has 2 rings (SSSR count). The van der Waals surface area contributed by atoms with Gasteiger partial charge in [-0.05, 0) is 26.3 Å². The summed E-state index contributed by atoms with van der Waals surface area (Å²) in [6.07, 6.45) is 7.28. The van der Waals surface area contributed by atoms with Crippen LogP contribution >= 0.6 is 0 Å². The lowest BCUT2D eigenvalue weighted by Crippen LogP contribution is -2.28. The van der Waals surface area contributed by atoms with Crippen LogP contribution in [0, 0.1) is 12.8 Å². The molecule has 0 saturated heterocycles. The summed E-state index contributed by atoms with van der Waals surface area (Å²) in [5.74, 6) is 0.670. The number of nitrogens with one attached hydrogen (secondary N) is 3. The molecule has 0 unspecified atom stereocenters. The molecular weight excluding hydrogens is 288 g/mol. The molecule has 1 aromatic rings. The van der Waals surface area contributed by atoms with Gasteiger partial charge < -0.3 is 5.32 Å². The minimum Gasteiger partial charge on any atom is -0.314 e. The zero-order valence-corrected chi connectivity index (χ0v) is 13.7. The fourth-order valence-electron chi connectivity index (χ4n) is 3.06. The van der Waals surface area contributed by atoms with Gasteiger partial charge in [-0.15, -0.1) is 0 Å². The molecule has 0 radical (unpaired) electrons. The lowest BCUT2D eigenvalue weighted by molar-refractivity contribution is 0.339. The molecule has 0 amide bonds. The van der Waals surface area contributed by atoms with Crippen LogP contribution in [-0.4, -0.2) is 32.2 Å². The van der Waals surface area contributed by atoms with Crippen molar-refractivity contribution >= 4 is 10.0 Å². The Kier molecular flexibility index (Phi) is 5.78. The van der Waals surface area contributed by atoms with E-state index in [2.05, 4.69) is 20.2 Å². The number of H-pyrrole nitrogens is 1. The van der Waals surface area contributed by atoms with Gasteiger partial charge in [0, 0.05) is 13.1 Å². The van der Waals surface area contributed by atoms with Crippen molar-refractivity contribution in [1.82, 2.24) is 20.2 Å². The van der Waals surface area contributed by atoms with Gasteiger partial charge in [0.25, 0.3) is 0 Å².